The maximum Gasteiger partial charge on any atom is 0.236 e. The average Bonchev–Trinajstić information content (AvgIpc) is 2.58. The fourth-order valence-electron chi connectivity index (χ4n) is 2.17. The number of aliphatic hydroxyl groups is 4. The molecule has 0 aliphatic heterocycles. The molecule has 22 heavy (non-hydrogen) atoms. The smallest absolute Gasteiger partial charge is 0.236 e. The summed E-state index contributed by atoms with van der Waals surface area (Å²) in [6, 6.07) is 5.96. The molecule has 0 saturated heterocycles. The van der Waals surface area contributed by atoms with Crippen LogP contribution in [0, 0.1) is 0 Å². The second kappa shape index (κ2) is 7.72. The van der Waals surface area contributed by atoms with E-state index in [0.29, 0.717) is 0 Å². The van der Waals surface area contributed by atoms with Crippen molar-refractivity contribution in [2.75, 3.05) is 26.4 Å². The molecule has 1 aromatic carbocycles. The topological polar surface area (TPSA) is 140 Å². The number of benzene rings is 1. The molecule has 0 aliphatic carbocycles. The van der Waals surface area contributed by atoms with Crippen molar-refractivity contribution in [1.29, 1.82) is 0 Å². The van der Waals surface area contributed by atoms with Crippen LogP contribution in [0.3, 0.4) is 0 Å². The average molecular weight is 308 g/mol. The van der Waals surface area contributed by atoms with Crippen molar-refractivity contribution in [3.05, 3.63) is 35.4 Å². The minimum atomic E-state index is -1.73. The Balaban J connectivity index is 3.72. The summed E-state index contributed by atoms with van der Waals surface area (Å²) >= 11 is 0. The molecular formula is C14H16N2O6. The Morgan fingerprint density at radius 1 is 0.773 bits per heavy atom. The van der Waals surface area contributed by atoms with Crippen LogP contribution in [-0.4, -0.2) is 59.0 Å². The fourth-order valence-corrected chi connectivity index (χ4v) is 2.17. The van der Waals surface area contributed by atoms with Gasteiger partial charge in [-0.25, -0.2) is 9.59 Å². The Morgan fingerprint density at radius 3 is 1.32 bits per heavy atom. The molecule has 0 unspecified atom stereocenters. The van der Waals surface area contributed by atoms with Gasteiger partial charge in [0.15, 0.2) is 0 Å². The number of aliphatic imine (C=N–C) groups is 2. The first-order valence-corrected chi connectivity index (χ1v) is 6.31. The number of isocyanates is 2. The Hall–Kier alpha value is -2.18. The minimum Gasteiger partial charge on any atom is -0.393 e. The molecule has 1 aromatic rings. The fraction of sp³-hybridized carbons (Fsp3) is 0.429. The molecule has 0 aromatic heterocycles. The molecule has 0 saturated carbocycles. The third-order valence-corrected chi connectivity index (χ3v) is 3.50. The normalized spacial score (nSPS) is 11.5. The zero-order valence-corrected chi connectivity index (χ0v) is 11.6. The maximum absolute atomic E-state index is 10.6. The second-order valence-corrected chi connectivity index (χ2v) is 4.65. The van der Waals surface area contributed by atoms with E-state index in [0.717, 1.165) is 0 Å². The van der Waals surface area contributed by atoms with Gasteiger partial charge in [0, 0.05) is 0 Å². The first-order valence-electron chi connectivity index (χ1n) is 6.31. The van der Waals surface area contributed by atoms with Crippen LogP contribution >= 0.6 is 0 Å². The van der Waals surface area contributed by atoms with Crippen molar-refractivity contribution in [2.45, 2.75) is 11.1 Å². The van der Waals surface area contributed by atoms with E-state index in [4.69, 9.17) is 0 Å². The van der Waals surface area contributed by atoms with E-state index in [9.17, 15) is 30.0 Å². The van der Waals surface area contributed by atoms with Crippen LogP contribution in [0.15, 0.2) is 34.3 Å². The van der Waals surface area contributed by atoms with Gasteiger partial charge in [-0.15, -0.1) is 0 Å². The van der Waals surface area contributed by atoms with Crippen molar-refractivity contribution in [3.8, 4) is 0 Å². The third-order valence-electron chi connectivity index (χ3n) is 3.50. The summed E-state index contributed by atoms with van der Waals surface area (Å²) < 4.78 is 0. The van der Waals surface area contributed by atoms with Crippen LogP contribution in [-0.2, 0) is 20.7 Å². The summed E-state index contributed by atoms with van der Waals surface area (Å²) in [4.78, 5) is 28.2. The first kappa shape index (κ1) is 17.9. The maximum atomic E-state index is 10.6. The van der Waals surface area contributed by atoms with Gasteiger partial charge in [0.2, 0.25) is 12.2 Å². The molecule has 0 spiro atoms. The van der Waals surface area contributed by atoms with Gasteiger partial charge in [-0.05, 0) is 11.1 Å². The van der Waals surface area contributed by atoms with Gasteiger partial charge in [-0.1, -0.05) is 24.3 Å². The summed E-state index contributed by atoms with van der Waals surface area (Å²) in [6.07, 6.45) is 2.56. The SMILES string of the molecule is O=C=NC(CO)(CO)c1ccccc1C(CO)(CO)N=C=O. The standard InChI is InChI=1S/C14H16N2O6/c17-5-13(6-18,15-9-21)11-3-1-2-4-12(11)14(7-19,8-20)16-10-22/h1-4,17-20H,5-8H2. The van der Waals surface area contributed by atoms with Crippen molar-refractivity contribution in [1.82, 2.24) is 0 Å². The van der Waals surface area contributed by atoms with Gasteiger partial charge in [-0.3, -0.25) is 0 Å². The van der Waals surface area contributed by atoms with Gasteiger partial charge in [0.25, 0.3) is 0 Å². The zero-order valence-electron chi connectivity index (χ0n) is 11.6. The molecule has 4 N–H and O–H groups in total. The summed E-state index contributed by atoms with van der Waals surface area (Å²) in [5.74, 6) is 0. The predicted octanol–water partition coefficient (Wildman–Crippen LogP) is -1.28. The highest BCUT2D eigenvalue weighted by Crippen LogP contribution is 2.35. The van der Waals surface area contributed by atoms with E-state index < -0.39 is 37.5 Å². The zero-order chi connectivity index (χ0) is 16.6. The minimum absolute atomic E-state index is 0.130. The number of hydrogen-bond donors (Lipinski definition) is 4. The van der Waals surface area contributed by atoms with Gasteiger partial charge in [0.1, 0.15) is 11.1 Å². The largest absolute Gasteiger partial charge is 0.393 e. The highest BCUT2D eigenvalue weighted by atomic mass is 16.3. The quantitative estimate of drug-likeness (QED) is 0.348. The molecule has 0 heterocycles. The van der Waals surface area contributed by atoms with Crippen molar-refractivity contribution in [3.63, 3.8) is 0 Å². The highest BCUT2D eigenvalue weighted by Gasteiger charge is 2.40. The molecule has 8 heteroatoms. The molecule has 0 bridgehead atoms. The van der Waals surface area contributed by atoms with Crippen LogP contribution in [0.25, 0.3) is 0 Å². The number of hydrogen-bond acceptors (Lipinski definition) is 8. The Labute approximate surface area is 126 Å². The van der Waals surface area contributed by atoms with Gasteiger partial charge < -0.3 is 20.4 Å². The van der Waals surface area contributed by atoms with Crippen LogP contribution in [0.5, 0.6) is 0 Å². The van der Waals surface area contributed by atoms with Gasteiger partial charge >= 0.3 is 0 Å². The van der Waals surface area contributed by atoms with Crippen molar-refractivity contribution in [2.24, 2.45) is 9.98 Å². The van der Waals surface area contributed by atoms with Gasteiger partial charge in [-0.2, -0.15) is 9.98 Å². The summed E-state index contributed by atoms with van der Waals surface area (Å²) in [6.45, 7) is -2.91. The van der Waals surface area contributed by atoms with Crippen LogP contribution in [0.2, 0.25) is 0 Å². The number of rotatable bonds is 8. The summed E-state index contributed by atoms with van der Waals surface area (Å²) in [5.41, 5.74) is -3.20. The predicted molar refractivity (Wildman–Crippen MR) is 74.4 cm³/mol. The molecule has 0 atom stereocenters. The molecule has 0 amide bonds. The lowest BCUT2D eigenvalue weighted by molar-refractivity contribution is 0.106. The lowest BCUT2D eigenvalue weighted by Crippen LogP contribution is -2.40. The van der Waals surface area contributed by atoms with Crippen LogP contribution in [0.4, 0.5) is 0 Å². The Kier molecular flexibility index (Phi) is 6.27. The van der Waals surface area contributed by atoms with E-state index >= 15 is 0 Å². The molecule has 1 rings (SSSR count). The lowest BCUT2D eigenvalue weighted by Gasteiger charge is -2.32. The highest BCUT2D eigenvalue weighted by molar-refractivity contribution is 5.46. The number of nitrogens with zero attached hydrogens (tertiary/aromatic N) is 2. The van der Waals surface area contributed by atoms with Crippen LogP contribution < -0.4 is 0 Å². The van der Waals surface area contributed by atoms with E-state index in [1.165, 1.54) is 24.3 Å². The van der Waals surface area contributed by atoms with E-state index in [-0.39, 0.29) is 11.1 Å². The summed E-state index contributed by atoms with van der Waals surface area (Å²) in [7, 11) is 0. The van der Waals surface area contributed by atoms with E-state index in [1.54, 1.807) is 12.1 Å². The van der Waals surface area contributed by atoms with Gasteiger partial charge in [0.05, 0.1) is 26.4 Å². The molecule has 118 valence electrons. The van der Waals surface area contributed by atoms with E-state index in [2.05, 4.69) is 9.98 Å². The first-order chi connectivity index (χ1) is 10.6. The van der Waals surface area contributed by atoms with Crippen molar-refractivity contribution >= 4 is 12.2 Å². The third kappa shape index (κ3) is 3.03. The molecular weight excluding hydrogens is 292 g/mol. The Morgan fingerprint density at radius 2 is 1.09 bits per heavy atom. The number of aliphatic hydroxyl groups excluding tert-OH is 4. The monoisotopic (exact) mass is 308 g/mol. The lowest BCUT2D eigenvalue weighted by atomic mass is 9.80. The Bertz CT molecular complexity index is 544. The molecule has 0 fully saturated rings. The summed E-state index contributed by atoms with van der Waals surface area (Å²) in [5, 5.41) is 38.2. The van der Waals surface area contributed by atoms with Crippen molar-refractivity contribution < 1.29 is 30.0 Å². The molecule has 0 aliphatic rings. The van der Waals surface area contributed by atoms with E-state index in [1.807, 2.05) is 0 Å². The molecule has 8 nitrogen and oxygen atoms in total. The van der Waals surface area contributed by atoms with Crippen LogP contribution in [0.1, 0.15) is 11.1 Å². The number of carbonyl (C=O) groups excluding carboxylic acids is 2. The second-order valence-electron chi connectivity index (χ2n) is 4.65. The molecule has 0 radical (unpaired) electrons.